The van der Waals surface area contributed by atoms with Gasteiger partial charge in [-0.05, 0) is 64.4 Å². The molecule has 9 heteroatoms. The molecular weight excluding hydrogens is 468 g/mol. The van der Waals surface area contributed by atoms with Crippen molar-refractivity contribution in [3.05, 3.63) is 88.8 Å². The molecule has 1 heterocycles. The zero-order valence-electron chi connectivity index (χ0n) is 18.3. The largest absolute Gasteiger partial charge is 0.482 e. The Bertz CT molecular complexity index is 1310. The van der Waals surface area contributed by atoms with E-state index in [2.05, 4.69) is 10.3 Å². The Morgan fingerprint density at radius 3 is 2.11 bits per heavy atom. The van der Waals surface area contributed by atoms with E-state index in [1.165, 1.54) is 11.8 Å². The van der Waals surface area contributed by atoms with Crippen molar-refractivity contribution in [2.24, 2.45) is 4.99 Å². The first-order valence-electron chi connectivity index (χ1n) is 10.5. The molecule has 3 aromatic rings. The quantitative estimate of drug-likeness (QED) is 0.403. The predicted molar refractivity (Wildman–Crippen MR) is 134 cm³/mol. The minimum Gasteiger partial charge on any atom is -0.482 e. The molecule has 3 N–H and O–H groups in total. The first kappa shape index (κ1) is 23.8. The number of rotatable bonds is 8. The summed E-state index contributed by atoms with van der Waals surface area (Å²) in [4.78, 5) is 38.7. The highest BCUT2D eigenvalue weighted by molar-refractivity contribution is 8.18. The van der Waals surface area contributed by atoms with E-state index in [1.807, 2.05) is 36.4 Å². The maximum absolute atomic E-state index is 12.4. The van der Waals surface area contributed by atoms with E-state index in [0.29, 0.717) is 27.1 Å². The fourth-order valence-corrected chi connectivity index (χ4v) is 4.11. The van der Waals surface area contributed by atoms with Crippen molar-refractivity contribution in [2.75, 3.05) is 6.61 Å². The molecule has 3 aromatic carbocycles. The van der Waals surface area contributed by atoms with Gasteiger partial charge in [0.05, 0.1) is 17.0 Å². The van der Waals surface area contributed by atoms with Crippen molar-refractivity contribution < 1.29 is 29.3 Å². The van der Waals surface area contributed by atoms with E-state index in [4.69, 9.17) is 14.9 Å². The normalized spacial score (nSPS) is 15.3. The minimum absolute atomic E-state index is 0.0550. The number of benzene rings is 3. The van der Waals surface area contributed by atoms with E-state index in [9.17, 15) is 14.4 Å². The molecule has 0 saturated carbocycles. The SMILES string of the molecule is O=C(O)COc1ccc(-c2ccc(/C=C3/SC(=Nc4ccc(CC(=O)O)cc4)NC3=O)cc2)cc1. The summed E-state index contributed by atoms with van der Waals surface area (Å²) >= 11 is 1.23. The van der Waals surface area contributed by atoms with Crippen molar-refractivity contribution >= 4 is 46.5 Å². The number of nitrogens with zero attached hydrogens (tertiary/aromatic N) is 1. The number of ether oxygens (including phenoxy) is 1. The van der Waals surface area contributed by atoms with Gasteiger partial charge < -0.3 is 20.3 Å². The summed E-state index contributed by atoms with van der Waals surface area (Å²) in [5, 5.41) is 20.7. The first-order valence-corrected chi connectivity index (χ1v) is 11.3. The molecule has 8 nitrogen and oxygen atoms in total. The third kappa shape index (κ3) is 6.58. The van der Waals surface area contributed by atoms with Gasteiger partial charge in [0.25, 0.3) is 5.91 Å². The smallest absolute Gasteiger partial charge is 0.341 e. The van der Waals surface area contributed by atoms with Gasteiger partial charge in [0.2, 0.25) is 0 Å². The number of carboxylic acid groups (broad SMARTS) is 2. The molecule has 0 radical (unpaired) electrons. The Labute approximate surface area is 205 Å². The van der Waals surface area contributed by atoms with Crippen LogP contribution in [0.4, 0.5) is 5.69 Å². The number of amidine groups is 1. The second kappa shape index (κ2) is 10.7. The lowest BCUT2D eigenvalue weighted by atomic mass is 10.0. The summed E-state index contributed by atoms with van der Waals surface area (Å²) in [6, 6.07) is 21.6. The summed E-state index contributed by atoms with van der Waals surface area (Å²) in [6.07, 6.45) is 1.73. The van der Waals surface area contributed by atoms with Crippen molar-refractivity contribution in [3.8, 4) is 16.9 Å². The second-order valence-corrected chi connectivity index (χ2v) is 8.58. The Hall–Kier alpha value is -4.37. The van der Waals surface area contributed by atoms with Crippen LogP contribution in [0.15, 0.2) is 82.7 Å². The Morgan fingerprint density at radius 1 is 0.886 bits per heavy atom. The summed E-state index contributed by atoms with van der Waals surface area (Å²) in [6.45, 7) is -0.389. The van der Waals surface area contributed by atoms with E-state index in [-0.39, 0.29) is 18.9 Å². The molecule has 4 rings (SSSR count). The molecule has 0 aliphatic carbocycles. The van der Waals surface area contributed by atoms with Crippen LogP contribution in [0.3, 0.4) is 0 Å². The van der Waals surface area contributed by atoms with Gasteiger partial charge in [0.1, 0.15) is 5.75 Å². The predicted octanol–water partition coefficient (Wildman–Crippen LogP) is 4.34. The highest BCUT2D eigenvalue weighted by Crippen LogP contribution is 2.29. The number of hydrogen-bond acceptors (Lipinski definition) is 6. The highest BCUT2D eigenvalue weighted by Gasteiger charge is 2.23. The van der Waals surface area contributed by atoms with Crippen LogP contribution in [-0.2, 0) is 20.8 Å². The molecule has 0 atom stereocenters. The molecule has 1 aliphatic heterocycles. The van der Waals surface area contributed by atoms with Crippen LogP contribution < -0.4 is 10.1 Å². The van der Waals surface area contributed by atoms with Gasteiger partial charge in [0.15, 0.2) is 11.8 Å². The molecule has 176 valence electrons. The zero-order valence-corrected chi connectivity index (χ0v) is 19.1. The second-order valence-electron chi connectivity index (χ2n) is 7.55. The molecule has 1 saturated heterocycles. The number of nitrogens with one attached hydrogen (secondary N) is 1. The zero-order chi connectivity index (χ0) is 24.8. The van der Waals surface area contributed by atoms with Crippen molar-refractivity contribution in [1.82, 2.24) is 5.32 Å². The molecule has 0 bridgehead atoms. The fourth-order valence-electron chi connectivity index (χ4n) is 3.27. The summed E-state index contributed by atoms with van der Waals surface area (Å²) in [7, 11) is 0. The number of hydrogen-bond donors (Lipinski definition) is 3. The molecule has 1 fully saturated rings. The minimum atomic E-state index is -1.03. The number of carboxylic acids is 2. The van der Waals surface area contributed by atoms with Gasteiger partial charge in [-0.15, -0.1) is 0 Å². The Balaban J connectivity index is 1.41. The van der Waals surface area contributed by atoms with E-state index in [0.717, 1.165) is 16.7 Å². The molecule has 0 aromatic heterocycles. The molecule has 1 aliphatic rings. The van der Waals surface area contributed by atoms with Gasteiger partial charge in [0, 0.05) is 0 Å². The Kier molecular flexibility index (Phi) is 7.27. The Morgan fingerprint density at radius 2 is 1.51 bits per heavy atom. The topological polar surface area (TPSA) is 125 Å². The van der Waals surface area contributed by atoms with E-state index >= 15 is 0 Å². The summed E-state index contributed by atoms with van der Waals surface area (Å²) < 4.78 is 5.15. The lowest BCUT2D eigenvalue weighted by molar-refractivity contribution is -0.139. The van der Waals surface area contributed by atoms with Crippen LogP contribution in [0.5, 0.6) is 5.75 Å². The number of aliphatic carboxylic acids is 2. The summed E-state index contributed by atoms with van der Waals surface area (Å²) in [5.74, 6) is -1.68. The maximum atomic E-state index is 12.4. The molecule has 1 amide bonds. The molecule has 35 heavy (non-hydrogen) atoms. The number of carbonyl (C=O) groups excluding carboxylic acids is 1. The third-order valence-corrected chi connectivity index (χ3v) is 5.84. The van der Waals surface area contributed by atoms with E-state index in [1.54, 1.807) is 42.5 Å². The number of thioether (sulfide) groups is 1. The number of amides is 1. The van der Waals surface area contributed by atoms with E-state index < -0.39 is 11.9 Å². The molecule has 0 unspecified atom stereocenters. The number of carbonyl (C=O) groups is 3. The van der Waals surface area contributed by atoms with Gasteiger partial charge in [-0.1, -0.05) is 48.5 Å². The van der Waals surface area contributed by atoms with Gasteiger partial charge >= 0.3 is 11.9 Å². The monoisotopic (exact) mass is 488 g/mol. The maximum Gasteiger partial charge on any atom is 0.341 e. The highest BCUT2D eigenvalue weighted by atomic mass is 32.2. The fraction of sp³-hybridized carbons (Fsp3) is 0.0769. The van der Waals surface area contributed by atoms with Crippen LogP contribution in [0.2, 0.25) is 0 Å². The lowest BCUT2D eigenvalue weighted by Crippen LogP contribution is -2.19. The van der Waals surface area contributed by atoms with Gasteiger partial charge in [-0.2, -0.15) is 0 Å². The standard InChI is InChI=1S/C26H20N2O6S/c29-23(30)14-17-3-9-20(10-4-17)27-26-28-25(33)22(35-26)13-16-1-5-18(6-2-16)19-7-11-21(12-8-19)34-15-24(31)32/h1-13H,14-15H2,(H,29,30)(H,31,32)(H,27,28,33)/b22-13+. The average molecular weight is 489 g/mol. The summed E-state index contributed by atoms with van der Waals surface area (Å²) in [5.41, 5.74) is 4.06. The van der Waals surface area contributed by atoms with Crippen molar-refractivity contribution in [1.29, 1.82) is 0 Å². The molecule has 0 spiro atoms. The van der Waals surface area contributed by atoms with Crippen LogP contribution >= 0.6 is 11.8 Å². The van der Waals surface area contributed by atoms with Crippen LogP contribution in [-0.4, -0.2) is 39.8 Å². The average Bonchev–Trinajstić information content (AvgIpc) is 3.18. The van der Waals surface area contributed by atoms with Crippen molar-refractivity contribution in [2.45, 2.75) is 6.42 Å². The third-order valence-electron chi connectivity index (χ3n) is 4.93. The van der Waals surface area contributed by atoms with Gasteiger partial charge in [-0.25, -0.2) is 9.79 Å². The van der Waals surface area contributed by atoms with Crippen LogP contribution in [0.1, 0.15) is 11.1 Å². The first-order chi connectivity index (χ1) is 16.9. The van der Waals surface area contributed by atoms with Crippen molar-refractivity contribution in [3.63, 3.8) is 0 Å². The lowest BCUT2D eigenvalue weighted by Gasteiger charge is -2.06. The van der Waals surface area contributed by atoms with Crippen LogP contribution in [0, 0.1) is 0 Å². The van der Waals surface area contributed by atoms with Crippen LogP contribution in [0.25, 0.3) is 17.2 Å². The number of aliphatic imine (C=N–C) groups is 1. The molecular formula is C26H20N2O6S. The van der Waals surface area contributed by atoms with Gasteiger partial charge in [-0.3, -0.25) is 9.59 Å².